The van der Waals surface area contributed by atoms with Crippen LogP contribution in [0.4, 0.5) is 0 Å². The molecule has 8 nitrogen and oxygen atoms in total. The van der Waals surface area contributed by atoms with Gasteiger partial charge in [-0.25, -0.2) is 0 Å². The molecule has 0 aromatic heterocycles. The second kappa shape index (κ2) is 16.4. The minimum Gasteiger partial charge on any atom is -0.550 e. The van der Waals surface area contributed by atoms with Gasteiger partial charge in [0.25, 0.3) is 0 Å². The van der Waals surface area contributed by atoms with Crippen LogP contribution < -0.4 is 5.11 Å². The first-order valence-corrected chi connectivity index (χ1v) is 9.14. The van der Waals surface area contributed by atoms with E-state index in [0.717, 1.165) is 25.7 Å². The number of aliphatic carboxylic acids is 2. The van der Waals surface area contributed by atoms with E-state index in [9.17, 15) is 24.3 Å². The molecule has 0 aliphatic carbocycles. The van der Waals surface area contributed by atoms with Crippen molar-refractivity contribution in [2.75, 3.05) is 13.2 Å². The molecule has 0 heterocycles. The highest BCUT2D eigenvalue weighted by Gasteiger charge is 2.06. The molecule has 1 N–H and O–H groups in total. The Hall–Kier alpha value is -2.12. The molecule has 0 unspecified atom stereocenters. The van der Waals surface area contributed by atoms with Crippen LogP contribution >= 0.6 is 0 Å². The lowest BCUT2D eigenvalue weighted by Gasteiger charge is -2.07. The van der Waals surface area contributed by atoms with Crippen molar-refractivity contribution in [3.05, 3.63) is 0 Å². The summed E-state index contributed by atoms with van der Waals surface area (Å²) in [6.07, 6.45) is 6.19. The first-order chi connectivity index (χ1) is 12.4. The van der Waals surface area contributed by atoms with E-state index in [1.807, 2.05) is 0 Å². The van der Waals surface area contributed by atoms with Gasteiger partial charge in [-0.1, -0.05) is 25.7 Å². The molecule has 0 amide bonds. The summed E-state index contributed by atoms with van der Waals surface area (Å²) in [5.74, 6) is -2.58. The van der Waals surface area contributed by atoms with Gasteiger partial charge in [0.05, 0.1) is 0 Å². The van der Waals surface area contributed by atoms with E-state index in [2.05, 4.69) is 0 Å². The van der Waals surface area contributed by atoms with Crippen LogP contribution in [0.3, 0.4) is 0 Å². The zero-order valence-corrected chi connectivity index (χ0v) is 15.2. The minimum absolute atomic E-state index is 0.0217. The largest absolute Gasteiger partial charge is 0.550 e. The maximum atomic E-state index is 11.4. The molecule has 0 saturated carbocycles. The number of hydrogen-bond acceptors (Lipinski definition) is 7. The normalized spacial score (nSPS) is 10.3. The van der Waals surface area contributed by atoms with Crippen molar-refractivity contribution in [2.24, 2.45) is 0 Å². The van der Waals surface area contributed by atoms with Gasteiger partial charge in [-0.05, 0) is 32.1 Å². The Balaban J connectivity index is 3.38. The lowest BCUT2D eigenvalue weighted by Crippen LogP contribution is -2.21. The van der Waals surface area contributed by atoms with Crippen molar-refractivity contribution in [3.8, 4) is 0 Å². The average molecular weight is 373 g/mol. The van der Waals surface area contributed by atoms with Crippen LogP contribution in [0, 0.1) is 0 Å². The molecule has 0 bridgehead atoms. The smallest absolute Gasteiger partial charge is 0.305 e. The highest BCUT2D eigenvalue weighted by Crippen LogP contribution is 2.07. The molecule has 0 fully saturated rings. The fourth-order valence-electron chi connectivity index (χ4n) is 2.25. The Morgan fingerprint density at radius 3 is 1.38 bits per heavy atom. The van der Waals surface area contributed by atoms with E-state index < -0.39 is 11.9 Å². The summed E-state index contributed by atoms with van der Waals surface area (Å²) in [5.41, 5.74) is 0. The summed E-state index contributed by atoms with van der Waals surface area (Å²) in [4.78, 5) is 43.4. The minimum atomic E-state index is -1.06. The standard InChI is InChI=1S/C18H30O8/c19-15(20)9-5-1-3-7-11-17(23)25-13-14-26-18(24)12-8-4-2-6-10-16(21)22/h1-14H2,(H,19,20)(H,21,22)/p-1. The van der Waals surface area contributed by atoms with Crippen LogP contribution in [-0.2, 0) is 28.7 Å². The van der Waals surface area contributed by atoms with Crippen molar-refractivity contribution in [3.63, 3.8) is 0 Å². The van der Waals surface area contributed by atoms with Gasteiger partial charge < -0.3 is 24.5 Å². The Morgan fingerprint density at radius 1 is 0.615 bits per heavy atom. The van der Waals surface area contributed by atoms with Gasteiger partial charge in [-0.15, -0.1) is 0 Å². The van der Waals surface area contributed by atoms with E-state index in [0.29, 0.717) is 25.7 Å². The van der Waals surface area contributed by atoms with Crippen molar-refractivity contribution in [2.45, 2.75) is 77.0 Å². The van der Waals surface area contributed by atoms with Crippen LogP contribution in [0.15, 0.2) is 0 Å². The first-order valence-electron chi connectivity index (χ1n) is 9.14. The van der Waals surface area contributed by atoms with Gasteiger partial charge in [0.1, 0.15) is 13.2 Å². The van der Waals surface area contributed by atoms with Crippen LogP contribution in [0.5, 0.6) is 0 Å². The van der Waals surface area contributed by atoms with E-state index in [1.165, 1.54) is 0 Å². The lowest BCUT2D eigenvalue weighted by molar-refractivity contribution is -0.305. The molecule has 0 aliphatic heterocycles. The average Bonchev–Trinajstić information content (AvgIpc) is 2.57. The Labute approximate surface area is 153 Å². The van der Waals surface area contributed by atoms with E-state index in [1.54, 1.807) is 0 Å². The van der Waals surface area contributed by atoms with Crippen molar-refractivity contribution >= 4 is 23.9 Å². The number of unbranched alkanes of at least 4 members (excludes halogenated alkanes) is 6. The lowest BCUT2D eigenvalue weighted by atomic mass is 10.1. The van der Waals surface area contributed by atoms with Crippen LogP contribution in [0.25, 0.3) is 0 Å². The summed E-state index contributed by atoms with van der Waals surface area (Å²) < 4.78 is 9.89. The van der Waals surface area contributed by atoms with Gasteiger partial charge in [-0.2, -0.15) is 0 Å². The molecule has 0 aliphatic rings. The second-order valence-electron chi connectivity index (χ2n) is 6.04. The van der Waals surface area contributed by atoms with Gasteiger partial charge >= 0.3 is 17.9 Å². The third-order valence-corrected chi connectivity index (χ3v) is 3.64. The van der Waals surface area contributed by atoms with E-state index >= 15 is 0 Å². The SMILES string of the molecule is O=C([O-])CCCCCCC(=O)OCCOC(=O)CCCCCCC(=O)O. The fraction of sp³-hybridized carbons (Fsp3) is 0.778. The second-order valence-corrected chi connectivity index (χ2v) is 6.04. The molecule has 26 heavy (non-hydrogen) atoms. The summed E-state index contributed by atoms with van der Waals surface area (Å²) in [5, 5.41) is 18.7. The number of hydrogen-bond donors (Lipinski definition) is 1. The third-order valence-electron chi connectivity index (χ3n) is 3.64. The fourth-order valence-corrected chi connectivity index (χ4v) is 2.25. The number of carbonyl (C=O) groups excluding carboxylic acids is 3. The zero-order chi connectivity index (χ0) is 19.6. The maximum absolute atomic E-state index is 11.4. The van der Waals surface area contributed by atoms with Gasteiger partial charge in [0.2, 0.25) is 0 Å². The van der Waals surface area contributed by atoms with Crippen molar-refractivity contribution < 1.29 is 38.9 Å². The Bertz CT molecular complexity index is 393. The summed E-state index contributed by atoms with van der Waals surface area (Å²) in [6.45, 7) is 0.0447. The molecule has 0 spiro atoms. The third kappa shape index (κ3) is 18.2. The summed E-state index contributed by atoms with van der Waals surface area (Å²) in [6, 6.07) is 0. The molecule has 150 valence electrons. The number of ether oxygens (including phenoxy) is 2. The highest BCUT2D eigenvalue weighted by molar-refractivity contribution is 5.70. The molecule has 8 heteroatoms. The molecule has 0 aromatic carbocycles. The van der Waals surface area contributed by atoms with Crippen molar-refractivity contribution in [1.82, 2.24) is 0 Å². The predicted molar refractivity (Wildman–Crippen MR) is 90.0 cm³/mol. The predicted octanol–water partition coefficient (Wildman–Crippen LogP) is 1.59. The number of carboxylic acids is 2. The molecular formula is C18H29O8-. The first kappa shape index (κ1) is 23.9. The number of carbonyl (C=O) groups is 4. The Morgan fingerprint density at radius 2 is 1.00 bits per heavy atom. The molecular weight excluding hydrogens is 344 g/mol. The molecule has 0 atom stereocenters. The Kier molecular flexibility index (Phi) is 15.0. The van der Waals surface area contributed by atoms with Crippen LogP contribution in [0.1, 0.15) is 77.0 Å². The molecule has 0 saturated heterocycles. The highest BCUT2D eigenvalue weighted by atomic mass is 16.6. The van der Waals surface area contributed by atoms with Crippen molar-refractivity contribution in [1.29, 1.82) is 0 Å². The van der Waals surface area contributed by atoms with Crippen LogP contribution in [-0.4, -0.2) is 42.2 Å². The van der Waals surface area contributed by atoms with Gasteiger partial charge in [0, 0.05) is 25.2 Å². The zero-order valence-electron chi connectivity index (χ0n) is 15.2. The monoisotopic (exact) mass is 373 g/mol. The molecule has 0 rings (SSSR count). The van der Waals surface area contributed by atoms with E-state index in [4.69, 9.17) is 14.6 Å². The van der Waals surface area contributed by atoms with E-state index in [-0.39, 0.29) is 50.8 Å². The number of rotatable bonds is 17. The summed E-state index contributed by atoms with van der Waals surface area (Å²) >= 11 is 0. The molecule has 0 aromatic rings. The quantitative estimate of drug-likeness (QED) is 0.300. The molecule has 0 radical (unpaired) electrons. The van der Waals surface area contributed by atoms with Gasteiger partial charge in [-0.3, -0.25) is 14.4 Å². The number of carboxylic acid groups (broad SMARTS) is 2. The summed E-state index contributed by atoms with van der Waals surface area (Å²) in [7, 11) is 0. The van der Waals surface area contributed by atoms with Gasteiger partial charge in [0.15, 0.2) is 0 Å². The van der Waals surface area contributed by atoms with Crippen LogP contribution in [0.2, 0.25) is 0 Å². The maximum Gasteiger partial charge on any atom is 0.305 e. The number of esters is 2. The topological polar surface area (TPSA) is 130 Å².